The van der Waals surface area contributed by atoms with E-state index in [1.807, 2.05) is 54.7 Å². The van der Waals surface area contributed by atoms with Gasteiger partial charge < -0.3 is 20.0 Å². The van der Waals surface area contributed by atoms with E-state index in [2.05, 4.69) is 20.3 Å². The topological polar surface area (TPSA) is 82.8 Å². The third-order valence-corrected chi connectivity index (χ3v) is 4.04. The normalized spacial score (nSPS) is 11.0. The third kappa shape index (κ3) is 3.33. The number of hydrogen-bond donors (Lipinski definition) is 3. The summed E-state index contributed by atoms with van der Waals surface area (Å²) in [5.74, 6) is 1.41. The Morgan fingerprint density at radius 1 is 1.08 bits per heavy atom. The number of nitrogens with one attached hydrogen (secondary N) is 3. The zero-order valence-electron chi connectivity index (χ0n) is 13.6. The van der Waals surface area contributed by atoms with Crippen LogP contribution in [-0.2, 0) is 11.2 Å². The van der Waals surface area contributed by atoms with Crippen LogP contribution < -0.4 is 10.1 Å². The quantitative estimate of drug-likeness (QED) is 0.507. The minimum atomic E-state index is -0.149. The van der Waals surface area contributed by atoms with Crippen molar-refractivity contribution in [2.45, 2.75) is 6.42 Å². The van der Waals surface area contributed by atoms with Crippen molar-refractivity contribution in [3.8, 4) is 5.75 Å². The van der Waals surface area contributed by atoms with Crippen molar-refractivity contribution < 1.29 is 9.53 Å². The zero-order valence-corrected chi connectivity index (χ0v) is 13.6. The fourth-order valence-corrected chi connectivity index (χ4v) is 2.82. The molecular formula is C19H18N4O2. The smallest absolute Gasteiger partial charge is 0.257 e. The van der Waals surface area contributed by atoms with Gasteiger partial charge in [0.05, 0.1) is 11.0 Å². The van der Waals surface area contributed by atoms with E-state index < -0.39 is 0 Å². The summed E-state index contributed by atoms with van der Waals surface area (Å²) in [6.07, 6.45) is 2.50. The van der Waals surface area contributed by atoms with Gasteiger partial charge in [0.2, 0.25) is 0 Å². The van der Waals surface area contributed by atoms with Crippen LogP contribution in [0.3, 0.4) is 0 Å². The van der Waals surface area contributed by atoms with Gasteiger partial charge in [-0.15, -0.1) is 0 Å². The van der Waals surface area contributed by atoms with Gasteiger partial charge in [0.1, 0.15) is 11.6 Å². The number of nitrogens with zero attached hydrogens (tertiary/aromatic N) is 1. The van der Waals surface area contributed by atoms with E-state index >= 15 is 0 Å². The molecule has 0 spiro atoms. The van der Waals surface area contributed by atoms with Gasteiger partial charge >= 0.3 is 0 Å². The molecular weight excluding hydrogens is 316 g/mol. The van der Waals surface area contributed by atoms with E-state index in [4.69, 9.17) is 4.74 Å². The summed E-state index contributed by atoms with van der Waals surface area (Å²) >= 11 is 0. The minimum Gasteiger partial charge on any atom is -0.483 e. The number of imidazole rings is 1. The van der Waals surface area contributed by atoms with Gasteiger partial charge in [0.15, 0.2) is 6.61 Å². The number of aromatic nitrogens is 3. The Bertz CT molecular complexity index is 985. The maximum atomic E-state index is 12.0. The highest BCUT2D eigenvalue weighted by Crippen LogP contribution is 2.24. The van der Waals surface area contributed by atoms with Crippen LogP contribution in [0.5, 0.6) is 5.75 Å². The summed E-state index contributed by atoms with van der Waals surface area (Å²) in [6.45, 7) is 0.501. The highest BCUT2D eigenvalue weighted by atomic mass is 16.5. The summed E-state index contributed by atoms with van der Waals surface area (Å²) in [7, 11) is 0. The predicted molar refractivity (Wildman–Crippen MR) is 96.6 cm³/mol. The summed E-state index contributed by atoms with van der Waals surface area (Å²) in [6, 6.07) is 15.5. The van der Waals surface area contributed by atoms with Gasteiger partial charge in [-0.3, -0.25) is 4.79 Å². The Hall–Kier alpha value is -3.28. The number of hydrogen-bond acceptors (Lipinski definition) is 3. The second-order valence-electron chi connectivity index (χ2n) is 5.78. The monoisotopic (exact) mass is 334 g/mol. The number of carbonyl (C=O) groups is 1. The molecule has 0 aliphatic heterocycles. The number of H-pyrrole nitrogens is 2. The average Bonchev–Trinajstić information content (AvgIpc) is 3.26. The van der Waals surface area contributed by atoms with Gasteiger partial charge in [0.25, 0.3) is 5.91 Å². The first-order chi connectivity index (χ1) is 12.3. The molecule has 0 radical (unpaired) electrons. The third-order valence-electron chi connectivity index (χ3n) is 4.04. The maximum absolute atomic E-state index is 12.0. The number of amides is 1. The fourth-order valence-electron chi connectivity index (χ4n) is 2.82. The molecule has 4 aromatic rings. The number of fused-ring (bicyclic) bond motifs is 2. The van der Waals surface area contributed by atoms with Crippen molar-refractivity contribution >= 4 is 27.8 Å². The standard InChI is InChI=1S/C19H18N4O2/c24-19(12-25-17-7-3-6-14-13(17)8-10-20-14)21-11-9-18-22-15-4-1-2-5-16(15)23-18/h1-8,10,20H,9,11-12H2,(H,21,24)(H,22,23). The SMILES string of the molecule is O=C(COc1cccc2[nH]ccc12)NCCc1nc2ccccc2[nH]1. The van der Waals surface area contributed by atoms with E-state index in [1.54, 1.807) is 0 Å². The van der Waals surface area contributed by atoms with Crippen molar-refractivity contribution in [2.75, 3.05) is 13.2 Å². The molecule has 0 bridgehead atoms. The van der Waals surface area contributed by atoms with Crippen LogP contribution in [-0.4, -0.2) is 34.0 Å². The van der Waals surface area contributed by atoms with Crippen molar-refractivity contribution in [3.05, 3.63) is 60.6 Å². The first kappa shape index (κ1) is 15.3. The van der Waals surface area contributed by atoms with Crippen molar-refractivity contribution in [3.63, 3.8) is 0 Å². The Balaban J connectivity index is 1.28. The first-order valence-corrected chi connectivity index (χ1v) is 8.19. The Morgan fingerprint density at radius 2 is 1.96 bits per heavy atom. The molecule has 2 aromatic carbocycles. The van der Waals surface area contributed by atoms with Gasteiger partial charge in [0, 0.05) is 30.1 Å². The van der Waals surface area contributed by atoms with Crippen LogP contribution in [0.25, 0.3) is 21.9 Å². The average molecular weight is 334 g/mol. The van der Waals surface area contributed by atoms with Gasteiger partial charge in [-0.1, -0.05) is 18.2 Å². The van der Waals surface area contributed by atoms with Crippen LogP contribution in [0.4, 0.5) is 0 Å². The number of rotatable bonds is 6. The predicted octanol–water partition coefficient (Wildman–Crippen LogP) is 2.78. The molecule has 2 aromatic heterocycles. The summed E-state index contributed by atoms with van der Waals surface area (Å²) in [5, 5.41) is 3.83. The molecule has 4 rings (SSSR count). The Kier molecular flexibility index (Phi) is 4.08. The van der Waals surface area contributed by atoms with E-state index in [9.17, 15) is 4.79 Å². The van der Waals surface area contributed by atoms with Crippen molar-refractivity contribution in [1.82, 2.24) is 20.3 Å². The van der Waals surface area contributed by atoms with Gasteiger partial charge in [-0.05, 0) is 30.3 Å². The molecule has 0 aliphatic carbocycles. The summed E-state index contributed by atoms with van der Waals surface area (Å²) in [4.78, 5) is 22.8. The second kappa shape index (κ2) is 6.68. The molecule has 0 saturated heterocycles. The van der Waals surface area contributed by atoms with E-state index in [0.29, 0.717) is 18.7 Å². The van der Waals surface area contributed by atoms with Gasteiger partial charge in [-0.2, -0.15) is 0 Å². The highest BCUT2D eigenvalue weighted by Gasteiger charge is 2.07. The molecule has 6 nitrogen and oxygen atoms in total. The molecule has 0 aliphatic rings. The number of carbonyl (C=O) groups excluding carboxylic acids is 1. The lowest BCUT2D eigenvalue weighted by Crippen LogP contribution is -2.30. The molecule has 1 amide bonds. The molecule has 3 N–H and O–H groups in total. The van der Waals surface area contributed by atoms with Gasteiger partial charge in [-0.25, -0.2) is 4.98 Å². The lowest BCUT2D eigenvalue weighted by atomic mass is 10.2. The van der Waals surface area contributed by atoms with E-state index in [0.717, 1.165) is 27.8 Å². The largest absolute Gasteiger partial charge is 0.483 e. The lowest BCUT2D eigenvalue weighted by molar-refractivity contribution is -0.123. The molecule has 25 heavy (non-hydrogen) atoms. The molecule has 0 saturated carbocycles. The van der Waals surface area contributed by atoms with Crippen LogP contribution in [0, 0.1) is 0 Å². The lowest BCUT2D eigenvalue weighted by Gasteiger charge is -2.08. The maximum Gasteiger partial charge on any atom is 0.257 e. The van der Waals surface area contributed by atoms with E-state index in [-0.39, 0.29) is 12.5 Å². The number of benzene rings is 2. The molecule has 126 valence electrons. The first-order valence-electron chi connectivity index (χ1n) is 8.19. The van der Waals surface area contributed by atoms with Crippen LogP contribution >= 0.6 is 0 Å². The van der Waals surface area contributed by atoms with Crippen molar-refractivity contribution in [1.29, 1.82) is 0 Å². The molecule has 0 fully saturated rings. The molecule has 0 unspecified atom stereocenters. The molecule has 6 heteroatoms. The van der Waals surface area contributed by atoms with Crippen LogP contribution in [0.2, 0.25) is 0 Å². The van der Waals surface area contributed by atoms with E-state index in [1.165, 1.54) is 0 Å². The summed E-state index contributed by atoms with van der Waals surface area (Å²) in [5.41, 5.74) is 2.93. The number of aromatic amines is 2. The highest BCUT2D eigenvalue weighted by molar-refractivity contribution is 5.86. The Labute approximate surface area is 144 Å². The van der Waals surface area contributed by atoms with Crippen molar-refractivity contribution in [2.24, 2.45) is 0 Å². The Morgan fingerprint density at radius 3 is 2.88 bits per heavy atom. The number of ether oxygens (including phenoxy) is 1. The fraction of sp³-hybridized carbons (Fsp3) is 0.158. The molecule has 2 heterocycles. The van der Waals surface area contributed by atoms with Crippen LogP contribution in [0.15, 0.2) is 54.7 Å². The second-order valence-corrected chi connectivity index (χ2v) is 5.78. The summed E-state index contributed by atoms with van der Waals surface area (Å²) < 4.78 is 5.63. The minimum absolute atomic E-state index is 0.00950. The number of para-hydroxylation sites is 2. The molecule has 0 atom stereocenters. The zero-order chi connectivity index (χ0) is 17.1. The van der Waals surface area contributed by atoms with Crippen LogP contribution in [0.1, 0.15) is 5.82 Å².